The van der Waals surface area contributed by atoms with Crippen LogP contribution in [-0.4, -0.2) is 24.0 Å². The van der Waals surface area contributed by atoms with Gasteiger partial charge >= 0.3 is 0 Å². The minimum Gasteiger partial charge on any atom is -0.381 e. The molecule has 1 heterocycles. The maximum Gasteiger partial charge on any atom is 0.270 e. The Labute approximate surface area is 95.1 Å². The highest BCUT2D eigenvalue weighted by atomic mass is 16.1. The Morgan fingerprint density at radius 2 is 2.12 bits per heavy atom. The highest BCUT2D eigenvalue weighted by molar-refractivity contribution is 5.93. The van der Waals surface area contributed by atoms with Gasteiger partial charge in [-0.1, -0.05) is 12.2 Å². The predicted molar refractivity (Wildman–Crippen MR) is 65.5 cm³/mol. The molecular weight excluding hydrogens is 202 g/mol. The minimum atomic E-state index is -0.206. The number of hydrogen-bond acceptors (Lipinski definition) is 3. The van der Waals surface area contributed by atoms with Crippen LogP contribution in [0.3, 0.4) is 0 Å². The first kappa shape index (κ1) is 12.0. The lowest BCUT2D eigenvalue weighted by atomic mass is 10.3. The topological polar surface area (TPSA) is 54.0 Å². The predicted octanol–water partition coefficient (Wildman–Crippen LogP) is 1.60. The first-order valence-corrected chi connectivity index (χ1v) is 4.98. The van der Waals surface area contributed by atoms with E-state index in [1.54, 1.807) is 30.5 Å². The van der Waals surface area contributed by atoms with Crippen molar-refractivity contribution in [3.05, 3.63) is 49.3 Å². The third kappa shape index (κ3) is 3.57. The summed E-state index contributed by atoms with van der Waals surface area (Å²) in [5, 5.41) is 5.75. The van der Waals surface area contributed by atoms with E-state index in [1.165, 1.54) is 0 Å². The summed E-state index contributed by atoms with van der Waals surface area (Å²) in [6.07, 6.45) is 4.96. The molecule has 0 bridgehead atoms. The lowest BCUT2D eigenvalue weighted by Gasteiger charge is -2.05. The third-order valence-corrected chi connectivity index (χ3v) is 1.85. The van der Waals surface area contributed by atoms with Gasteiger partial charge < -0.3 is 10.6 Å². The van der Waals surface area contributed by atoms with E-state index in [9.17, 15) is 4.79 Å². The zero-order valence-electron chi connectivity index (χ0n) is 9.07. The standard InChI is InChI=1S/C12H15N3O/c1-3-6-13-10-5-8-14-11(9-10)12(16)15-7-4-2/h3-5,8-9H,1-2,6-7H2,(H,13,14)(H,15,16). The molecule has 1 aromatic heterocycles. The van der Waals surface area contributed by atoms with Crippen LogP contribution in [0.2, 0.25) is 0 Å². The largest absolute Gasteiger partial charge is 0.381 e. The smallest absolute Gasteiger partial charge is 0.270 e. The van der Waals surface area contributed by atoms with Gasteiger partial charge in [-0.2, -0.15) is 0 Å². The molecule has 1 rings (SSSR count). The van der Waals surface area contributed by atoms with Gasteiger partial charge in [0.1, 0.15) is 5.69 Å². The fourth-order valence-electron chi connectivity index (χ4n) is 1.11. The number of carbonyl (C=O) groups is 1. The second-order valence-corrected chi connectivity index (χ2v) is 3.10. The lowest BCUT2D eigenvalue weighted by Crippen LogP contribution is -2.24. The van der Waals surface area contributed by atoms with Gasteiger partial charge in [0, 0.05) is 25.0 Å². The van der Waals surface area contributed by atoms with E-state index in [2.05, 4.69) is 28.8 Å². The SMILES string of the molecule is C=CCNC(=O)c1cc(NCC=C)ccn1. The van der Waals surface area contributed by atoms with Crippen LogP contribution in [0.5, 0.6) is 0 Å². The number of rotatable bonds is 6. The average Bonchev–Trinajstić information content (AvgIpc) is 2.33. The Bertz CT molecular complexity index is 388. The first-order valence-electron chi connectivity index (χ1n) is 4.98. The summed E-state index contributed by atoms with van der Waals surface area (Å²) in [6, 6.07) is 3.50. The van der Waals surface area contributed by atoms with Crippen LogP contribution < -0.4 is 10.6 Å². The highest BCUT2D eigenvalue weighted by Crippen LogP contribution is 2.07. The normalized spacial score (nSPS) is 9.25. The van der Waals surface area contributed by atoms with Crippen LogP contribution in [0.15, 0.2) is 43.6 Å². The Kier molecular flexibility index (Phi) is 4.79. The number of hydrogen-bond donors (Lipinski definition) is 2. The van der Waals surface area contributed by atoms with Gasteiger partial charge in [0.05, 0.1) is 0 Å². The molecule has 4 heteroatoms. The number of anilines is 1. The molecule has 0 saturated carbocycles. The summed E-state index contributed by atoms with van der Waals surface area (Å²) in [4.78, 5) is 15.5. The van der Waals surface area contributed by atoms with Crippen LogP contribution in [0.25, 0.3) is 0 Å². The summed E-state index contributed by atoms with van der Waals surface area (Å²) >= 11 is 0. The van der Waals surface area contributed by atoms with E-state index in [4.69, 9.17) is 0 Å². The van der Waals surface area contributed by atoms with Crippen LogP contribution in [0.1, 0.15) is 10.5 Å². The molecule has 2 N–H and O–H groups in total. The second-order valence-electron chi connectivity index (χ2n) is 3.10. The minimum absolute atomic E-state index is 0.206. The van der Waals surface area contributed by atoms with Crippen molar-refractivity contribution in [1.29, 1.82) is 0 Å². The van der Waals surface area contributed by atoms with Crippen molar-refractivity contribution < 1.29 is 4.79 Å². The highest BCUT2D eigenvalue weighted by Gasteiger charge is 2.05. The summed E-state index contributed by atoms with van der Waals surface area (Å²) in [7, 11) is 0. The Morgan fingerprint density at radius 1 is 1.38 bits per heavy atom. The molecule has 16 heavy (non-hydrogen) atoms. The molecule has 0 aliphatic rings. The fraction of sp³-hybridized carbons (Fsp3) is 0.167. The van der Waals surface area contributed by atoms with Crippen LogP contribution in [0, 0.1) is 0 Å². The lowest BCUT2D eigenvalue weighted by molar-refractivity contribution is 0.0953. The zero-order chi connectivity index (χ0) is 11.8. The summed E-state index contributed by atoms with van der Waals surface area (Å²) < 4.78 is 0. The molecule has 0 aromatic carbocycles. The number of pyridine rings is 1. The molecule has 0 saturated heterocycles. The molecule has 1 amide bonds. The number of carbonyl (C=O) groups excluding carboxylic acids is 1. The maximum atomic E-state index is 11.6. The van der Waals surface area contributed by atoms with Crippen LogP contribution in [0.4, 0.5) is 5.69 Å². The van der Waals surface area contributed by atoms with Crippen molar-refractivity contribution in [3.8, 4) is 0 Å². The van der Waals surface area contributed by atoms with E-state index >= 15 is 0 Å². The van der Waals surface area contributed by atoms with Gasteiger partial charge in [-0.25, -0.2) is 0 Å². The monoisotopic (exact) mass is 217 g/mol. The third-order valence-electron chi connectivity index (χ3n) is 1.85. The maximum absolute atomic E-state index is 11.6. The Hall–Kier alpha value is -2.10. The van der Waals surface area contributed by atoms with Gasteiger partial charge in [0.15, 0.2) is 0 Å². The number of nitrogens with one attached hydrogen (secondary N) is 2. The molecule has 0 unspecified atom stereocenters. The summed E-state index contributed by atoms with van der Waals surface area (Å²) in [6.45, 7) is 8.22. The molecule has 0 atom stereocenters. The van der Waals surface area contributed by atoms with Crippen molar-refractivity contribution in [1.82, 2.24) is 10.3 Å². The molecule has 0 fully saturated rings. The van der Waals surface area contributed by atoms with Crippen molar-refractivity contribution in [2.24, 2.45) is 0 Å². The summed E-state index contributed by atoms with van der Waals surface area (Å²) in [5.74, 6) is -0.206. The van der Waals surface area contributed by atoms with Crippen molar-refractivity contribution >= 4 is 11.6 Å². The molecule has 0 spiro atoms. The Morgan fingerprint density at radius 3 is 2.81 bits per heavy atom. The van der Waals surface area contributed by atoms with Crippen molar-refractivity contribution in [2.75, 3.05) is 18.4 Å². The average molecular weight is 217 g/mol. The molecule has 84 valence electrons. The molecule has 0 radical (unpaired) electrons. The number of nitrogens with zero attached hydrogens (tertiary/aromatic N) is 1. The zero-order valence-corrected chi connectivity index (χ0v) is 9.07. The summed E-state index contributed by atoms with van der Waals surface area (Å²) in [5.41, 5.74) is 1.23. The van der Waals surface area contributed by atoms with Crippen LogP contribution in [-0.2, 0) is 0 Å². The van der Waals surface area contributed by atoms with E-state index in [-0.39, 0.29) is 5.91 Å². The number of amides is 1. The second kappa shape index (κ2) is 6.40. The molecular formula is C12H15N3O. The van der Waals surface area contributed by atoms with Gasteiger partial charge in [0.2, 0.25) is 0 Å². The fourth-order valence-corrected chi connectivity index (χ4v) is 1.11. The van der Waals surface area contributed by atoms with Gasteiger partial charge in [-0.3, -0.25) is 9.78 Å². The molecule has 0 aliphatic carbocycles. The van der Waals surface area contributed by atoms with E-state index in [1.807, 2.05) is 0 Å². The Balaban J connectivity index is 2.69. The quantitative estimate of drug-likeness (QED) is 0.711. The van der Waals surface area contributed by atoms with E-state index in [0.717, 1.165) is 5.69 Å². The molecule has 0 aliphatic heterocycles. The van der Waals surface area contributed by atoms with Gasteiger partial charge in [0.25, 0.3) is 5.91 Å². The van der Waals surface area contributed by atoms with Crippen molar-refractivity contribution in [3.63, 3.8) is 0 Å². The van der Waals surface area contributed by atoms with Gasteiger partial charge in [-0.15, -0.1) is 13.2 Å². The first-order chi connectivity index (χ1) is 7.77. The molecule has 1 aromatic rings. The molecule has 4 nitrogen and oxygen atoms in total. The van der Waals surface area contributed by atoms with Gasteiger partial charge in [-0.05, 0) is 12.1 Å². The van der Waals surface area contributed by atoms with Crippen molar-refractivity contribution in [2.45, 2.75) is 0 Å². The van der Waals surface area contributed by atoms with Crippen LogP contribution >= 0.6 is 0 Å². The van der Waals surface area contributed by atoms with E-state index < -0.39 is 0 Å². The van der Waals surface area contributed by atoms with E-state index in [0.29, 0.717) is 18.8 Å². The number of aromatic nitrogens is 1.